The van der Waals surface area contributed by atoms with E-state index in [0.29, 0.717) is 17.2 Å². The number of carbonyl (C=O) groups is 1. The highest BCUT2D eigenvalue weighted by Crippen LogP contribution is 2.37. The summed E-state index contributed by atoms with van der Waals surface area (Å²) in [6.45, 7) is 0. The quantitative estimate of drug-likeness (QED) is 0.671. The fourth-order valence-electron chi connectivity index (χ4n) is 2.65. The summed E-state index contributed by atoms with van der Waals surface area (Å²) in [6.07, 6.45) is 1.46. The Bertz CT molecular complexity index is 658. The molecule has 0 radical (unpaired) electrons. The van der Waals surface area contributed by atoms with Crippen LogP contribution in [0.2, 0.25) is 0 Å². The normalized spacial score (nSPS) is 16.3. The van der Waals surface area contributed by atoms with Crippen molar-refractivity contribution in [3.05, 3.63) is 59.7 Å². The Kier molecular flexibility index (Phi) is 3.50. The number of amides is 2. The number of nitrogens with zero attached hydrogens (tertiary/aromatic N) is 1. The van der Waals surface area contributed by atoms with Gasteiger partial charge in [0.2, 0.25) is 0 Å². The number of fused-ring (bicyclic) bond motifs is 1. The lowest BCUT2D eigenvalue weighted by Crippen LogP contribution is -2.35. The van der Waals surface area contributed by atoms with Crippen molar-refractivity contribution in [3.8, 4) is 11.5 Å². The van der Waals surface area contributed by atoms with Gasteiger partial charge in [-0.1, -0.05) is 24.3 Å². The number of hydrogen-bond donors (Lipinski definition) is 2. The van der Waals surface area contributed by atoms with Crippen LogP contribution in [0.4, 0.5) is 4.79 Å². The number of primary amides is 1. The van der Waals surface area contributed by atoms with Crippen LogP contribution in [0.25, 0.3) is 0 Å². The lowest BCUT2D eigenvalue weighted by molar-refractivity contribution is -0.0758. The average Bonchev–Trinajstić information content (AvgIpc) is 2.90. The predicted molar refractivity (Wildman–Crippen MR) is 77.2 cm³/mol. The van der Waals surface area contributed by atoms with E-state index in [1.807, 2.05) is 48.5 Å². The Morgan fingerprint density at radius 1 is 1.19 bits per heavy atom. The first kappa shape index (κ1) is 13.5. The third kappa shape index (κ3) is 2.68. The van der Waals surface area contributed by atoms with Crippen molar-refractivity contribution >= 4 is 6.03 Å². The summed E-state index contributed by atoms with van der Waals surface area (Å²) >= 11 is 0. The van der Waals surface area contributed by atoms with E-state index in [4.69, 9.17) is 10.5 Å². The number of rotatable bonds is 3. The van der Waals surface area contributed by atoms with Gasteiger partial charge in [0.05, 0.1) is 6.04 Å². The highest BCUT2D eigenvalue weighted by atomic mass is 16.5. The molecule has 0 saturated heterocycles. The van der Waals surface area contributed by atoms with Gasteiger partial charge in [-0.25, -0.2) is 4.79 Å². The Balaban J connectivity index is 1.87. The molecule has 0 bridgehead atoms. The van der Waals surface area contributed by atoms with Crippen LogP contribution in [-0.4, -0.2) is 16.3 Å². The van der Waals surface area contributed by atoms with Crippen molar-refractivity contribution in [1.29, 1.82) is 0 Å². The fraction of sp³-hybridized carbons (Fsp3) is 0.188. The maximum absolute atomic E-state index is 11.1. The molecule has 0 unspecified atom stereocenters. The van der Waals surface area contributed by atoms with Gasteiger partial charge < -0.3 is 10.5 Å². The van der Waals surface area contributed by atoms with Gasteiger partial charge >= 0.3 is 6.03 Å². The van der Waals surface area contributed by atoms with Crippen LogP contribution < -0.4 is 10.5 Å². The molecule has 1 aliphatic carbocycles. The van der Waals surface area contributed by atoms with Gasteiger partial charge in [-0.15, -0.1) is 0 Å². The van der Waals surface area contributed by atoms with Gasteiger partial charge in [-0.3, -0.25) is 5.21 Å². The molecule has 108 valence electrons. The van der Waals surface area contributed by atoms with Crippen LogP contribution in [0.1, 0.15) is 23.6 Å². The molecule has 2 aromatic carbocycles. The fourth-order valence-corrected chi connectivity index (χ4v) is 2.65. The monoisotopic (exact) mass is 284 g/mol. The van der Waals surface area contributed by atoms with Crippen LogP contribution >= 0.6 is 0 Å². The average molecular weight is 284 g/mol. The van der Waals surface area contributed by atoms with E-state index in [9.17, 15) is 10.0 Å². The topological polar surface area (TPSA) is 75.8 Å². The third-order valence-electron chi connectivity index (χ3n) is 3.66. The van der Waals surface area contributed by atoms with E-state index >= 15 is 0 Å². The van der Waals surface area contributed by atoms with Crippen molar-refractivity contribution in [2.45, 2.75) is 18.9 Å². The van der Waals surface area contributed by atoms with E-state index in [1.54, 1.807) is 0 Å². The summed E-state index contributed by atoms with van der Waals surface area (Å²) in [5.41, 5.74) is 7.12. The van der Waals surface area contributed by atoms with Crippen molar-refractivity contribution in [1.82, 2.24) is 5.06 Å². The molecule has 21 heavy (non-hydrogen) atoms. The zero-order chi connectivity index (χ0) is 14.8. The number of para-hydroxylation sites is 1. The lowest BCUT2D eigenvalue weighted by atomic mass is 10.1. The summed E-state index contributed by atoms with van der Waals surface area (Å²) in [6, 6.07) is 13.9. The molecule has 0 aromatic heterocycles. The summed E-state index contributed by atoms with van der Waals surface area (Å²) in [5.74, 6) is 1.41. The van der Waals surface area contributed by atoms with Gasteiger partial charge in [0.1, 0.15) is 11.5 Å². The molecule has 3 rings (SSSR count). The standard InChI is InChI=1S/C16H16N2O3/c17-16(19)18(20)15-9-7-11-6-8-13(10-14(11)15)21-12-4-2-1-3-5-12/h1-6,8,10,15,20H,7,9H2,(H2,17,19)/t15-/m0/s1. The van der Waals surface area contributed by atoms with Crippen molar-refractivity contribution in [2.24, 2.45) is 5.73 Å². The van der Waals surface area contributed by atoms with Crippen molar-refractivity contribution in [2.75, 3.05) is 0 Å². The molecule has 0 spiro atoms. The van der Waals surface area contributed by atoms with Crippen LogP contribution in [0.5, 0.6) is 11.5 Å². The molecule has 3 N–H and O–H groups in total. The van der Waals surface area contributed by atoms with E-state index in [-0.39, 0.29) is 0 Å². The number of ether oxygens (including phenoxy) is 1. The van der Waals surface area contributed by atoms with Crippen molar-refractivity contribution < 1.29 is 14.7 Å². The molecular weight excluding hydrogens is 268 g/mol. The summed E-state index contributed by atoms with van der Waals surface area (Å²) in [4.78, 5) is 11.1. The first-order chi connectivity index (χ1) is 10.1. The summed E-state index contributed by atoms with van der Waals surface area (Å²) < 4.78 is 5.78. The number of urea groups is 1. The maximum Gasteiger partial charge on any atom is 0.339 e. The maximum atomic E-state index is 11.1. The molecule has 1 aliphatic rings. The Morgan fingerprint density at radius 2 is 1.95 bits per heavy atom. The number of aryl methyl sites for hydroxylation is 1. The SMILES string of the molecule is NC(=O)N(O)[C@H]1CCc2ccc(Oc3ccccc3)cc21. The Labute approximate surface area is 122 Å². The minimum absolute atomic E-state index is 0.406. The number of hydrogen-bond acceptors (Lipinski definition) is 3. The van der Waals surface area contributed by atoms with E-state index in [0.717, 1.165) is 23.3 Å². The minimum atomic E-state index is -0.845. The highest BCUT2D eigenvalue weighted by Gasteiger charge is 2.29. The van der Waals surface area contributed by atoms with Gasteiger partial charge in [0, 0.05) is 0 Å². The number of carbonyl (C=O) groups excluding carboxylic acids is 1. The molecule has 5 heteroatoms. The predicted octanol–water partition coefficient (Wildman–Crippen LogP) is 3.24. The van der Waals surface area contributed by atoms with Gasteiger partial charge in [-0.05, 0) is 48.2 Å². The minimum Gasteiger partial charge on any atom is -0.457 e. The third-order valence-corrected chi connectivity index (χ3v) is 3.66. The summed E-state index contributed by atoms with van der Waals surface area (Å²) in [5, 5.41) is 10.4. The molecular formula is C16H16N2O3. The molecule has 0 aliphatic heterocycles. The summed E-state index contributed by atoms with van der Waals surface area (Å²) in [7, 11) is 0. The molecule has 0 saturated carbocycles. The van der Waals surface area contributed by atoms with Crippen molar-refractivity contribution in [3.63, 3.8) is 0 Å². The van der Waals surface area contributed by atoms with Crippen LogP contribution in [0.3, 0.4) is 0 Å². The van der Waals surface area contributed by atoms with Gasteiger partial charge in [-0.2, -0.15) is 5.06 Å². The van der Waals surface area contributed by atoms with E-state index in [1.165, 1.54) is 0 Å². The second-order valence-corrected chi connectivity index (χ2v) is 5.01. The molecule has 0 fully saturated rings. The van der Waals surface area contributed by atoms with Crippen LogP contribution in [-0.2, 0) is 6.42 Å². The van der Waals surface area contributed by atoms with Crippen LogP contribution in [0.15, 0.2) is 48.5 Å². The van der Waals surface area contributed by atoms with E-state index < -0.39 is 12.1 Å². The van der Waals surface area contributed by atoms with Crippen LogP contribution in [0, 0.1) is 0 Å². The Hall–Kier alpha value is -2.53. The zero-order valence-corrected chi connectivity index (χ0v) is 11.4. The van der Waals surface area contributed by atoms with Gasteiger partial charge in [0.15, 0.2) is 0 Å². The molecule has 0 heterocycles. The number of hydroxylamine groups is 2. The first-order valence-corrected chi connectivity index (χ1v) is 6.78. The number of nitrogens with two attached hydrogens (primary N) is 1. The lowest BCUT2D eigenvalue weighted by Gasteiger charge is -2.21. The first-order valence-electron chi connectivity index (χ1n) is 6.78. The molecule has 2 aromatic rings. The Morgan fingerprint density at radius 3 is 2.67 bits per heavy atom. The zero-order valence-electron chi connectivity index (χ0n) is 11.4. The highest BCUT2D eigenvalue weighted by molar-refractivity contribution is 5.71. The second kappa shape index (κ2) is 5.46. The molecule has 1 atom stereocenters. The molecule has 2 amide bonds. The van der Waals surface area contributed by atoms with E-state index in [2.05, 4.69) is 0 Å². The van der Waals surface area contributed by atoms with Gasteiger partial charge in [0.25, 0.3) is 0 Å². The number of benzene rings is 2. The largest absolute Gasteiger partial charge is 0.457 e. The second-order valence-electron chi connectivity index (χ2n) is 5.01. The smallest absolute Gasteiger partial charge is 0.339 e. The molecule has 5 nitrogen and oxygen atoms in total.